The van der Waals surface area contributed by atoms with Crippen molar-refractivity contribution in [3.8, 4) is 11.1 Å². The molecule has 1 aliphatic rings. The summed E-state index contributed by atoms with van der Waals surface area (Å²) < 4.78 is 0. The molecule has 2 amide bonds. The highest BCUT2D eigenvalue weighted by Gasteiger charge is 2.44. The van der Waals surface area contributed by atoms with Crippen LogP contribution in [-0.2, 0) is 22.4 Å². The number of carbonyl (C=O) groups excluding carboxylic acids is 2. The summed E-state index contributed by atoms with van der Waals surface area (Å²) >= 11 is 0. The predicted octanol–water partition coefficient (Wildman–Crippen LogP) is 4.23. The van der Waals surface area contributed by atoms with Crippen LogP contribution in [0.4, 0.5) is 0 Å². The van der Waals surface area contributed by atoms with E-state index in [0.717, 1.165) is 35.1 Å². The van der Waals surface area contributed by atoms with Gasteiger partial charge >= 0.3 is 0 Å². The quantitative estimate of drug-likeness (QED) is 0.575. The van der Waals surface area contributed by atoms with Gasteiger partial charge in [0.25, 0.3) is 0 Å². The normalized spacial score (nSPS) is 18.1. The van der Waals surface area contributed by atoms with Gasteiger partial charge < -0.3 is 9.80 Å². The maximum Gasteiger partial charge on any atom is 0.230 e. The van der Waals surface area contributed by atoms with Gasteiger partial charge in [0, 0.05) is 39.6 Å². The van der Waals surface area contributed by atoms with E-state index in [2.05, 4.69) is 29.2 Å². The highest BCUT2D eigenvalue weighted by Crippen LogP contribution is 2.36. The van der Waals surface area contributed by atoms with Crippen LogP contribution in [0, 0.1) is 5.41 Å². The minimum absolute atomic E-state index is 0.0878. The number of benzene rings is 2. The fourth-order valence-corrected chi connectivity index (χ4v) is 4.85. The van der Waals surface area contributed by atoms with Crippen molar-refractivity contribution in [2.45, 2.75) is 25.7 Å². The van der Waals surface area contributed by atoms with Gasteiger partial charge in [0.2, 0.25) is 11.8 Å². The maximum absolute atomic E-state index is 13.4. The fourth-order valence-electron chi connectivity index (χ4n) is 4.85. The standard InChI is InChI=1S/C28H31N3O2/c1-30(2)27(33)28(20-23-9-11-24(12-10-23)25-13-16-29-17-14-25)15-6-18-31(21-28)26(32)19-22-7-4-3-5-8-22/h3-5,7-14,16-17H,6,15,18-21H2,1-2H3. The first kappa shape index (κ1) is 22.7. The van der Waals surface area contributed by atoms with E-state index in [-0.39, 0.29) is 11.8 Å². The molecule has 1 aromatic heterocycles. The molecule has 0 saturated carbocycles. The summed E-state index contributed by atoms with van der Waals surface area (Å²) in [5, 5.41) is 0. The zero-order valence-corrected chi connectivity index (χ0v) is 19.4. The van der Waals surface area contributed by atoms with Crippen molar-refractivity contribution in [2.75, 3.05) is 27.2 Å². The molecule has 33 heavy (non-hydrogen) atoms. The number of piperidine rings is 1. The SMILES string of the molecule is CN(C)C(=O)C1(Cc2ccc(-c3ccncc3)cc2)CCCN(C(=O)Cc2ccccc2)C1. The number of carbonyl (C=O) groups is 2. The maximum atomic E-state index is 13.4. The summed E-state index contributed by atoms with van der Waals surface area (Å²) in [6, 6.07) is 22.2. The van der Waals surface area contributed by atoms with E-state index in [1.165, 1.54) is 0 Å². The molecule has 2 aromatic carbocycles. The molecule has 0 N–H and O–H groups in total. The van der Waals surface area contributed by atoms with E-state index in [1.807, 2.05) is 47.4 Å². The summed E-state index contributed by atoms with van der Waals surface area (Å²) in [6.45, 7) is 1.16. The lowest BCUT2D eigenvalue weighted by Gasteiger charge is -2.43. The van der Waals surface area contributed by atoms with E-state index < -0.39 is 5.41 Å². The van der Waals surface area contributed by atoms with Crippen LogP contribution in [0.25, 0.3) is 11.1 Å². The highest BCUT2D eigenvalue weighted by molar-refractivity contribution is 5.85. The molecule has 1 saturated heterocycles. The van der Waals surface area contributed by atoms with E-state index in [4.69, 9.17) is 0 Å². The van der Waals surface area contributed by atoms with Crippen LogP contribution in [0.1, 0.15) is 24.0 Å². The Balaban J connectivity index is 1.54. The van der Waals surface area contributed by atoms with Gasteiger partial charge in [-0.05, 0) is 53.6 Å². The molecule has 1 aliphatic heterocycles. The van der Waals surface area contributed by atoms with Gasteiger partial charge in [-0.15, -0.1) is 0 Å². The summed E-state index contributed by atoms with van der Waals surface area (Å²) in [5.74, 6) is 0.183. The number of amides is 2. The van der Waals surface area contributed by atoms with Gasteiger partial charge in [0.1, 0.15) is 0 Å². The molecule has 2 heterocycles. The summed E-state index contributed by atoms with van der Waals surface area (Å²) in [6.07, 6.45) is 6.18. The van der Waals surface area contributed by atoms with Crippen molar-refractivity contribution in [3.05, 3.63) is 90.3 Å². The molecule has 1 unspecified atom stereocenters. The van der Waals surface area contributed by atoms with E-state index in [0.29, 0.717) is 25.9 Å². The lowest BCUT2D eigenvalue weighted by Crippen LogP contribution is -2.54. The van der Waals surface area contributed by atoms with Crippen molar-refractivity contribution in [1.29, 1.82) is 0 Å². The Hall–Kier alpha value is -3.47. The average Bonchev–Trinajstić information content (AvgIpc) is 2.85. The average molecular weight is 442 g/mol. The van der Waals surface area contributed by atoms with Gasteiger partial charge in [0.05, 0.1) is 11.8 Å². The van der Waals surface area contributed by atoms with Crippen molar-refractivity contribution in [3.63, 3.8) is 0 Å². The summed E-state index contributed by atoms with van der Waals surface area (Å²) in [5.41, 5.74) is 3.75. The lowest BCUT2D eigenvalue weighted by atomic mass is 9.73. The van der Waals surface area contributed by atoms with Crippen LogP contribution in [0.5, 0.6) is 0 Å². The van der Waals surface area contributed by atoms with Crippen molar-refractivity contribution >= 4 is 11.8 Å². The van der Waals surface area contributed by atoms with Crippen LogP contribution in [0.3, 0.4) is 0 Å². The third-order valence-electron chi connectivity index (χ3n) is 6.50. The minimum atomic E-state index is -0.605. The Morgan fingerprint density at radius 3 is 2.24 bits per heavy atom. The fraction of sp³-hybridized carbons (Fsp3) is 0.321. The number of likely N-dealkylation sites (tertiary alicyclic amines) is 1. The second kappa shape index (κ2) is 9.99. The largest absolute Gasteiger partial charge is 0.348 e. The first-order valence-electron chi connectivity index (χ1n) is 11.5. The summed E-state index contributed by atoms with van der Waals surface area (Å²) in [4.78, 5) is 34.2. The molecule has 4 rings (SSSR count). The zero-order chi connectivity index (χ0) is 23.3. The van der Waals surface area contributed by atoms with Gasteiger partial charge in [-0.3, -0.25) is 14.6 Å². The number of rotatable bonds is 6. The Morgan fingerprint density at radius 2 is 1.58 bits per heavy atom. The molecule has 5 nitrogen and oxygen atoms in total. The molecular weight excluding hydrogens is 410 g/mol. The minimum Gasteiger partial charge on any atom is -0.348 e. The third kappa shape index (κ3) is 5.30. The van der Waals surface area contributed by atoms with Crippen LogP contribution in [0.2, 0.25) is 0 Å². The van der Waals surface area contributed by atoms with Crippen molar-refractivity contribution in [1.82, 2.24) is 14.8 Å². The number of hydrogen-bond donors (Lipinski definition) is 0. The van der Waals surface area contributed by atoms with Gasteiger partial charge in [0.15, 0.2) is 0 Å². The predicted molar refractivity (Wildman–Crippen MR) is 130 cm³/mol. The van der Waals surface area contributed by atoms with Crippen LogP contribution >= 0.6 is 0 Å². The lowest BCUT2D eigenvalue weighted by molar-refractivity contribution is -0.147. The van der Waals surface area contributed by atoms with Gasteiger partial charge in [-0.25, -0.2) is 0 Å². The van der Waals surface area contributed by atoms with Crippen molar-refractivity contribution in [2.24, 2.45) is 5.41 Å². The Bertz CT molecular complexity index is 1080. The topological polar surface area (TPSA) is 53.5 Å². The molecule has 1 fully saturated rings. The highest BCUT2D eigenvalue weighted by atomic mass is 16.2. The molecule has 0 radical (unpaired) electrons. The van der Waals surface area contributed by atoms with E-state index >= 15 is 0 Å². The zero-order valence-electron chi connectivity index (χ0n) is 19.4. The monoisotopic (exact) mass is 441 g/mol. The molecule has 1 atom stereocenters. The molecule has 170 valence electrons. The smallest absolute Gasteiger partial charge is 0.230 e. The Labute approximate surface area is 196 Å². The van der Waals surface area contributed by atoms with Crippen LogP contribution < -0.4 is 0 Å². The van der Waals surface area contributed by atoms with Crippen LogP contribution in [-0.4, -0.2) is 53.8 Å². The number of hydrogen-bond acceptors (Lipinski definition) is 3. The van der Waals surface area contributed by atoms with E-state index in [1.54, 1.807) is 31.4 Å². The number of nitrogens with zero attached hydrogens (tertiary/aromatic N) is 3. The first-order valence-corrected chi connectivity index (χ1v) is 11.5. The molecule has 0 aliphatic carbocycles. The third-order valence-corrected chi connectivity index (χ3v) is 6.50. The number of aromatic nitrogens is 1. The number of pyridine rings is 1. The Kier molecular flexibility index (Phi) is 6.87. The molecule has 0 spiro atoms. The van der Waals surface area contributed by atoms with Crippen LogP contribution in [0.15, 0.2) is 79.1 Å². The molecule has 5 heteroatoms. The Morgan fingerprint density at radius 1 is 0.909 bits per heavy atom. The van der Waals surface area contributed by atoms with Gasteiger partial charge in [-0.1, -0.05) is 54.6 Å². The van der Waals surface area contributed by atoms with Gasteiger partial charge in [-0.2, -0.15) is 0 Å². The summed E-state index contributed by atoms with van der Waals surface area (Å²) in [7, 11) is 3.61. The van der Waals surface area contributed by atoms with Crippen molar-refractivity contribution < 1.29 is 9.59 Å². The second-order valence-electron chi connectivity index (χ2n) is 9.17. The molecule has 3 aromatic rings. The molecular formula is C28H31N3O2. The van der Waals surface area contributed by atoms with E-state index in [9.17, 15) is 9.59 Å². The first-order chi connectivity index (χ1) is 16.0. The molecule has 0 bridgehead atoms. The second-order valence-corrected chi connectivity index (χ2v) is 9.17.